The summed E-state index contributed by atoms with van der Waals surface area (Å²) in [6.45, 7) is 0. The van der Waals surface area contributed by atoms with Gasteiger partial charge in [-0.05, 0) is 40.2 Å². The van der Waals surface area contributed by atoms with Crippen LogP contribution in [-0.2, 0) is 0 Å². The molecule has 12 heavy (non-hydrogen) atoms. The van der Waals surface area contributed by atoms with Crippen LogP contribution in [0.15, 0.2) is 28.9 Å². The Morgan fingerprint density at radius 1 is 1.33 bits per heavy atom. The number of halogens is 1. The molecule has 0 aliphatic rings. The van der Waals surface area contributed by atoms with Crippen LogP contribution in [0.1, 0.15) is 10.4 Å². The van der Waals surface area contributed by atoms with Gasteiger partial charge in [0.05, 0.1) is 4.60 Å². The molecule has 0 unspecified atom stereocenters. The molecule has 2 rings (SSSR count). The van der Waals surface area contributed by atoms with Gasteiger partial charge in [-0.3, -0.25) is 4.79 Å². The van der Waals surface area contributed by atoms with E-state index in [4.69, 9.17) is 0 Å². The third-order valence-corrected chi connectivity index (χ3v) is 2.18. The molecule has 60 valence electrons. The van der Waals surface area contributed by atoms with Crippen LogP contribution in [0.5, 0.6) is 0 Å². The fourth-order valence-corrected chi connectivity index (χ4v) is 1.65. The number of rotatable bonds is 1. The summed E-state index contributed by atoms with van der Waals surface area (Å²) in [7, 11) is 0. The van der Waals surface area contributed by atoms with Crippen molar-refractivity contribution in [2.75, 3.05) is 0 Å². The van der Waals surface area contributed by atoms with Gasteiger partial charge in [-0.2, -0.15) is 0 Å². The monoisotopic (exact) mass is 223 g/mol. The van der Waals surface area contributed by atoms with E-state index >= 15 is 0 Å². The molecule has 0 saturated heterocycles. The third kappa shape index (κ3) is 1.16. The fourth-order valence-electron chi connectivity index (χ4n) is 1.19. The minimum atomic E-state index is 0.703. The van der Waals surface area contributed by atoms with Crippen molar-refractivity contribution in [2.45, 2.75) is 0 Å². The lowest BCUT2D eigenvalue weighted by Crippen LogP contribution is -1.76. The molecule has 0 radical (unpaired) electrons. The van der Waals surface area contributed by atoms with Crippen LogP contribution in [0.4, 0.5) is 0 Å². The van der Waals surface area contributed by atoms with Crippen molar-refractivity contribution in [1.29, 1.82) is 0 Å². The van der Waals surface area contributed by atoms with E-state index < -0.39 is 0 Å². The summed E-state index contributed by atoms with van der Waals surface area (Å²) < 4.78 is 0.931. The maximum atomic E-state index is 10.4. The number of aromatic nitrogens is 1. The molecular formula is C9H6BrNO. The van der Waals surface area contributed by atoms with Crippen LogP contribution < -0.4 is 0 Å². The fraction of sp³-hybridized carbons (Fsp3) is 0. The van der Waals surface area contributed by atoms with Gasteiger partial charge in [-0.15, -0.1) is 0 Å². The Kier molecular flexibility index (Phi) is 1.73. The van der Waals surface area contributed by atoms with Crippen LogP contribution >= 0.6 is 15.9 Å². The lowest BCUT2D eigenvalue weighted by Gasteiger charge is -1.89. The number of H-pyrrole nitrogens is 1. The number of aldehydes is 1. The highest BCUT2D eigenvalue weighted by molar-refractivity contribution is 9.10. The minimum Gasteiger partial charge on any atom is -0.349 e. The second kappa shape index (κ2) is 2.75. The number of benzene rings is 1. The van der Waals surface area contributed by atoms with Crippen LogP contribution in [0.2, 0.25) is 0 Å². The molecule has 0 aliphatic carbocycles. The molecule has 0 atom stereocenters. The second-order valence-corrected chi connectivity index (χ2v) is 3.44. The van der Waals surface area contributed by atoms with E-state index in [9.17, 15) is 4.79 Å². The summed E-state index contributed by atoms with van der Waals surface area (Å²) in [5, 5.41) is 1.05. The van der Waals surface area contributed by atoms with E-state index in [0.717, 1.165) is 21.8 Å². The Morgan fingerprint density at radius 2 is 2.17 bits per heavy atom. The second-order valence-electron chi connectivity index (χ2n) is 2.58. The first-order valence-corrected chi connectivity index (χ1v) is 4.32. The highest BCUT2D eigenvalue weighted by Crippen LogP contribution is 2.19. The van der Waals surface area contributed by atoms with Gasteiger partial charge >= 0.3 is 0 Å². The van der Waals surface area contributed by atoms with Crippen molar-refractivity contribution in [3.8, 4) is 0 Å². The SMILES string of the molecule is O=Cc1ccc2[nH]c(Br)cc2c1. The van der Waals surface area contributed by atoms with Gasteiger partial charge in [0, 0.05) is 16.5 Å². The molecule has 0 bridgehead atoms. The summed E-state index contributed by atoms with van der Waals surface area (Å²) in [6.07, 6.45) is 0.848. The molecule has 1 aromatic heterocycles. The molecule has 1 heterocycles. The molecule has 0 aliphatic heterocycles. The largest absolute Gasteiger partial charge is 0.349 e. The molecule has 2 aromatic rings. The highest BCUT2D eigenvalue weighted by atomic mass is 79.9. The number of fused-ring (bicyclic) bond motifs is 1. The summed E-state index contributed by atoms with van der Waals surface area (Å²) in [5.41, 5.74) is 1.74. The van der Waals surface area contributed by atoms with Crippen LogP contribution in [0, 0.1) is 0 Å². The number of aromatic amines is 1. The number of hydrogen-bond acceptors (Lipinski definition) is 1. The van der Waals surface area contributed by atoms with E-state index in [-0.39, 0.29) is 0 Å². The lowest BCUT2D eigenvalue weighted by atomic mass is 10.2. The lowest BCUT2D eigenvalue weighted by molar-refractivity contribution is 0.112. The first kappa shape index (κ1) is 7.55. The highest BCUT2D eigenvalue weighted by Gasteiger charge is 1.98. The molecule has 1 N–H and O–H groups in total. The van der Waals surface area contributed by atoms with Crippen molar-refractivity contribution in [3.63, 3.8) is 0 Å². The molecule has 3 heteroatoms. The number of carbonyl (C=O) groups excluding carboxylic acids is 1. The third-order valence-electron chi connectivity index (χ3n) is 1.75. The Bertz CT molecular complexity index is 433. The average molecular weight is 224 g/mol. The van der Waals surface area contributed by atoms with Gasteiger partial charge < -0.3 is 4.98 Å². The van der Waals surface area contributed by atoms with E-state index in [1.807, 2.05) is 18.2 Å². The van der Waals surface area contributed by atoms with Gasteiger partial charge in [0.15, 0.2) is 0 Å². The topological polar surface area (TPSA) is 32.9 Å². The Balaban J connectivity index is 2.74. The smallest absolute Gasteiger partial charge is 0.150 e. The zero-order valence-corrected chi connectivity index (χ0v) is 7.76. The van der Waals surface area contributed by atoms with Crippen molar-refractivity contribution < 1.29 is 4.79 Å². The van der Waals surface area contributed by atoms with Crippen molar-refractivity contribution in [1.82, 2.24) is 4.98 Å². The summed E-state index contributed by atoms with van der Waals surface area (Å²) >= 11 is 3.33. The number of hydrogen-bond donors (Lipinski definition) is 1. The Hall–Kier alpha value is -1.09. The van der Waals surface area contributed by atoms with Crippen molar-refractivity contribution in [3.05, 3.63) is 34.4 Å². The first-order chi connectivity index (χ1) is 5.79. The van der Waals surface area contributed by atoms with E-state index in [2.05, 4.69) is 20.9 Å². The van der Waals surface area contributed by atoms with Gasteiger partial charge in [-0.1, -0.05) is 0 Å². The zero-order chi connectivity index (χ0) is 8.55. The van der Waals surface area contributed by atoms with E-state index in [0.29, 0.717) is 5.56 Å². The van der Waals surface area contributed by atoms with Crippen molar-refractivity contribution in [2.24, 2.45) is 0 Å². The van der Waals surface area contributed by atoms with Crippen LogP contribution in [0.3, 0.4) is 0 Å². The van der Waals surface area contributed by atoms with Gasteiger partial charge in [0.1, 0.15) is 6.29 Å². The van der Waals surface area contributed by atoms with Gasteiger partial charge in [0.2, 0.25) is 0 Å². The first-order valence-electron chi connectivity index (χ1n) is 3.53. The Morgan fingerprint density at radius 3 is 2.92 bits per heavy atom. The number of nitrogens with one attached hydrogen (secondary N) is 1. The quantitative estimate of drug-likeness (QED) is 0.742. The van der Waals surface area contributed by atoms with E-state index in [1.54, 1.807) is 6.07 Å². The van der Waals surface area contributed by atoms with Gasteiger partial charge in [-0.25, -0.2) is 0 Å². The molecule has 0 fully saturated rings. The molecular weight excluding hydrogens is 218 g/mol. The summed E-state index contributed by atoms with van der Waals surface area (Å²) in [5.74, 6) is 0. The minimum absolute atomic E-state index is 0.703. The molecule has 0 amide bonds. The summed E-state index contributed by atoms with van der Waals surface area (Å²) in [6, 6.07) is 7.48. The predicted octanol–water partition coefficient (Wildman–Crippen LogP) is 2.74. The molecule has 1 aromatic carbocycles. The van der Waals surface area contributed by atoms with Crippen LogP contribution in [-0.4, -0.2) is 11.3 Å². The maximum Gasteiger partial charge on any atom is 0.150 e. The van der Waals surface area contributed by atoms with E-state index in [1.165, 1.54) is 0 Å². The Labute approximate surface area is 77.7 Å². The number of carbonyl (C=O) groups is 1. The molecule has 0 saturated carbocycles. The maximum absolute atomic E-state index is 10.4. The standard InChI is InChI=1S/C9H6BrNO/c10-9-4-7-3-6(5-12)1-2-8(7)11-9/h1-5,11H. The average Bonchev–Trinajstić information content (AvgIpc) is 2.43. The van der Waals surface area contributed by atoms with Crippen molar-refractivity contribution >= 4 is 33.1 Å². The summed E-state index contributed by atoms with van der Waals surface area (Å²) in [4.78, 5) is 13.5. The normalized spacial score (nSPS) is 10.4. The molecule has 0 spiro atoms. The van der Waals surface area contributed by atoms with Gasteiger partial charge in [0.25, 0.3) is 0 Å². The zero-order valence-electron chi connectivity index (χ0n) is 6.17. The van der Waals surface area contributed by atoms with Crippen LogP contribution in [0.25, 0.3) is 10.9 Å². The molecule has 2 nitrogen and oxygen atoms in total. The predicted molar refractivity (Wildman–Crippen MR) is 51.4 cm³/mol.